The van der Waals surface area contributed by atoms with Gasteiger partial charge in [-0.2, -0.15) is 0 Å². The minimum Gasteiger partial charge on any atom is -0.311 e. The number of benzene rings is 1. The molecule has 1 heterocycles. The normalized spacial score (nSPS) is 10.6. The number of pyridine rings is 1. The Kier molecular flexibility index (Phi) is 4.48. The van der Waals surface area contributed by atoms with Gasteiger partial charge in [-0.15, -0.1) is 0 Å². The van der Waals surface area contributed by atoms with Crippen molar-refractivity contribution in [2.45, 2.75) is 26.8 Å². The quantitative estimate of drug-likeness (QED) is 0.813. The Bertz CT molecular complexity index is 458. The fourth-order valence-electron chi connectivity index (χ4n) is 2.01. The lowest BCUT2D eigenvalue weighted by atomic mass is 10.1. The number of aromatic nitrogens is 1. The summed E-state index contributed by atoms with van der Waals surface area (Å²) in [6.45, 7) is 5.98. The Morgan fingerprint density at radius 1 is 1.06 bits per heavy atom. The Balaban J connectivity index is 1.76. The van der Waals surface area contributed by atoms with Crippen molar-refractivity contribution in [2.24, 2.45) is 0 Å². The molecule has 0 fully saturated rings. The lowest BCUT2D eigenvalue weighted by molar-refractivity contribution is 0.673. The third-order valence-electron chi connectivity index (χ3n) is 2.93. The summed E-state index contributed by atoms with van der Waals surface area (Å²) in [5, 5.41) is 3.43. The second-order valence-electron chi connectivity index (χ2n) is 4.69. The van der Waals surface area contributed by atoms with Crippen molar-refractivity contribution in [1.29, 1.82) is 0 Å². The van der Waals surface area contributed by atoms with Crippen molar-refractivity contribution < 1.29 is 0 Å². The van der Waals surface area contributed by atoms with Gasteiger partial charge in [-0.05, 0) is 44.5 Å². The molecule has 0 saturated carbocycles. The Morgan fingerprint density at radius 2 is 1.89 bits per heavy atom. The van der Waals surface area contributed by atoms with Crippen LogP contribution in [0.3, 0.4) is 0 Å². The van der Waals surface area contributed by atoms with Gasteiger partial charge in [-0.1, -0.05) is 35.9 Å². The molecule has 0 amide bonds. The minimum absolute atomic E-state index is 0.841. The maximum Gasteiger partial charge on any atom is 0.0544 e. The summed E-state index contributed by atoms with van der Waals surface area (Å²) in [7, 11) is 0. The Labute approximate surface area is 109 Å². The molecule has 0 aliphatic carbocycles. The van der Waals surface area contributed by atoms with Crippen LogP contribution in [0.25, 0.3) is 0 Å². The van der Waals surface area contributed by atoms with Gasteiger partial charge in [0, 0.05) is 12.2 Å². The summed E-state index contributed by atoms with van der Waals surface area (Å²) in [6.07, 6.45) is 1.06. The van der Waals surface area contributed by atoms with Crippen LogP contribution >= 0.6 is 0 Å². The van der Waals surface area contributed by atoms with E-state index in [9.17, 15) is 0 Å². The van der Waals surface area contributed by atoms with Gasteiger partial charge in [0.15, 0.2) is 0 Å². The van der Waals surface area contributed by atoms with E-state index in [0.29, 0.717) is 0 Å². The number of nitrogens with zero attached hydrogens (tertiary/aromatic N) is 1. The van der Waals surface area contributed by atoms with Crippen LogP contribution in [0.1, 0.15) is 22.5 Å². The van der Waals surface area contributed by atoms with E-state index in [0.717, 1.165) is 30.9 Å². The summed E-state index contributed by atoms with van der Waals surface area (Å²) in [5.41, 5.74) is 4.90. The zero-order valence-corrected chi connectivity index (χ0v) is 11.1. The molecule has 0 spiro atoms. The lowest BCUT2D eigenvalue weighted by Gasteiger charge is -2.06. The van der Waals surface area contributed by atoms with E-state index in [1.807, 2.05) is 13.0 Å². The van der Waals surface area contributed by atoms with Gasteiger partial charge in [0.1, 0.15) is 0 Å². The van der Waals surface area contributed by atoms with Crippen molar-refractivity contribution in [3.05, 3.63) is 65.0 Å². The lowest BCUT2D eigenvalue weighted by Crippen LogP contribution is -2.17. The zero-order valence-electron chi connectivity index (χ0n) is 11.1. The van der Waals surface area contributed by atoms with E-state index in [-0.39, 0.29) is 0 Å². The van der Waals surface area contributed by atoms with Crippen LogP contribution < -0.4 is 5.32 Å². The molecule has 0 aliphatic heterocycles. The molecule has 0 bridgehead atoms. The summed E-state index contributed by atoms with van der Waals surface area (Å²) in [5.74, 6) is 0. The topological polar surface area (TPSA) is 24.9 Å². The first-order valence-corrected chi connectivity index (χ1v) is 6.43. The average molecular weight is 240 g/mol. The molecule has 0 radical (unpaired) electrons. The molecule has 2 rings (SSSR count). The molecule has 0 aliphatic rings. The van der Waals surface area contributed by atoms with E-state index in [1.165, 1.54) is 11.1 Å². The average Bonchev–Trinajstić information content (AvgIpc) is 2.35. The molecular weight excluding hydrogens is 220 g/mol. The molecule has 2 aromatic rings. The van der Waals surface area contributed by atoms with E-state index in [2.05, 4.69) is 53.6 Å². The maximum atomic E-state index is 4.47. The summed E-state index contributed by atoms with van der Waals surface area (Å²) in [6, 6.07) is 14.8. The standard InChI is InChI=1S/C16H20N2/c1-13-5-3-7-15(11-13)9-10-17-12-16-8-4-6-14(2)18-16/h3-8,11,17H,9-10,12H2,1-2H3. The van der Waals surface area contributed by atoms with Crippen LogP contribution in [0.2, 0.25) is 0 Å². The first-order chi connectivity index (χ1) is 8.74. The third-order valence-corrected chi connectivity index (χ3v) is 2.93. The fourth-order valence-corrected chi connectivity index (χ4v) is 2.01. The van der Waals surface area contributed by atoms with Crippen LogP contribution in [-0.4, -0.2) is 11.5 Å². The van der Waals surface area contributed by atoms with Crippen molar-refractivity contribution in [1.82, 2.24) is 10.3 Å². The molecule has 0 saturated heterocycles. The highest BCUT2D eigenvalue weighted by molar-refractivity contribution is 5.22. The predicted molar refractivity (Wildman–Crippen MR) is 75.6 cm³/mol. The summed E-state index contributed by atoms with van der Waals surface area (Å²) < 4.78 is 0. The summed E-state index contributed by atoms with van der Waals surface area (Å²) in [4.78, 5) is 4.47. The minimum atomic E-state index is 0.841. The van der Waals surface area contributed by atoms with Gasteiger partial charge < -0.3 is 5.32 Å². The van der Waals surface area contributed by atoms with Crippen LogP contribution in [0.4, 0.5) is 0 Å². The predicted octanol–water partition coefficient (Wildman–Crippen LogP) is 3.03. The molecule has 2 heteroatoms. The molecule has 18 heavy (non-hydrogen) atoms. The number of aryl methyl sites for hydroxylation is 2. The van der Waals surface area contributed by atoms with Crippen molar-refractivity contribution >= 4 is 0 Å². The van der Waals surface area contributed by atoms with E-state index < -0.39 is 0 Å². The number of hydrogen-bond acceptors (Lipinski definition) is 2. The van der Waals surface area contributed by atoms with Gasteiger partial charge in [-0.3, -0.25) is 4.98 Å². The third kappa shape index (κ3) is 3.97. The highest BCUT2D eigenvalue weighted by Gasteiger charge is 1.96. The van der Waals surface area contributed by atoms with E-state index in [4.69, 9.17) is 0 Å². The maximum absolute atomic E-state index is 4.47. The second-order valence-corrected chi connectivity index (χ2v) is 4.69. The number of nitrogens with one attached hydrogen (secondary N) is 1. The van der Waals surface area contributed by atoms with E-state index >= 15 is 0 Å². The van der Waals surface area contributed by atoms with Gasteiger partial charge in [0.05, 0.1) is 5.69 Å². The van der Waals surface area contributed by atoms with Crippen molar-refractivity contribution in [2.75, 3.05) is 6.54 Å². The second kappa shape index (κ2) is 6.31. The van der Waals surface area contributed by atoms with Crippen molar-refractivity contribution in [3.8, 4) is 0 Å². The monoisotopic (exact) mass is 240 g/mol. The van der Waals surface area contributed by atoms with Gasteiger partial charge in [-0.25, -0.2) is 0 Å². The first-order valence-electron chi connectivity index (χ1n) is 6.43. The molecule has 1 aromatic carbocycles. The zero-order chi connectivity index (χ0) is 12.8. The molecule has 0 atom stereocenters. The van der Waals surface area contributed by atoms with Crippen molar-refractivity contribution in [3.63, 3.8) is 0 Å². The molecule has 94 valence electrons. The molecular formula is C16H20N2. The van der Waals surface area contributed by atoms with Gasteiger partial charge >= 0.3 is 0 Å². The molecule has 1 aromatic heterocycles. The highest BCUT2D eigenvalue weighted by atomic mass is 14.9. The SMILES string of the molecule is Cc1cccc(CCNCc2cccc(C)n2)c1. The van der Waals surface area contributed by atoms with Crippen LogP contribution in [0, 0.1) is 13.8 Å². The molecule has 2 nitrogen and oxygen atoms in total. The van der Waals surface area contributed by atoms with Gasteiger partial charge in [0.25, 0.3) is 0 Å². The summed E-state index contributed by atoms with van der Waals surface area (Å²) >= 11 is 0. The highest BCUT2D eigenvalue weighted by Crippen LogP contribution is 2.04. The van der Waals surface area contributed by atoms with Crippen LogP contribution in [-0.2, 0) is 13.0 Å². The fraction of sp³-hybridized carbons (Fsp3) is 0.312. The first kappa shape index (κ1) is 12.8. The van der Waals surface area contributed by atoms with E-state index in [1.54, 1.807) is 0 Å². The van der Waals surface area contributed by atoms with Crippen LogP contribution in [0.5, 0.6) is 0 Å². The molecule has 1 N–H and O–H groups in total. The number of rotatable bonds is 5. The Hall–Kier alpha value is -1.67. The smallest absolute Gasteiger partial charge is 0.0544 e. The largest absolute Gasteiger partial charge is 0.311 e. The Morgan fingerprint density at radius 3 is 2.67 bits per heavy atom. The number of hydrogen-bond donors (Lipinski definition) is 1. The molecule has 0 unspecified atom stereocenters. The van der Waals surface area contributed by atoms with Crippen LogP contribution in [0.15, 0.2) is 42.5 Å². The van der Waals surface area contributed by atoms with Gasteiger partial charge in [0.2, 0.25) is 0 Å².